The molecule has 162 valence electrons. The molecule has 4 rings (SSSR count). The maximum atomic E-state index is 13.5. The number of nitrogens with zero attached hydrogens (tertiary/aromatic N) is 2. The van der Waals surface area contributed by atoms with E-state index in [0.717, 1.165) is 36.2 Å². The van der Waals surface area contributed by atoms with Crippen molar-refractivity contribution in [2.45, 2.75) is 25.8 Å². The zero-order chi connectivity index (χ0) is 22.5. The molecule has 1 atom stereocenters. The van der Waals surface area contributed by atoms with Crippen LogP contribution in [0, 0.1) is 11.6 Å². The van der Waals surface area contributed by atoms with Crippen molar-refractivity contribution in [2.75, 3.05) is 0 Å². The van der Waals surface area contributed by atoms with Crippen LogP contribution in [0.1, 0.15) is 29.4 Å². The largest absolute Gasteiger partial charge is 0.348 e. The summed E-state index contributed by atoms with van der Waals surface area (Å²) in [4.78, 5) is 17.0. The second-order valence-electron chi connectivity index (χ2n) is 7.72. The minimum absolute atomic E-state index is 0.00167. The Morgan fingerprint density at radius 3 is 2.41 bits per heavy atom. The van der Waals surface area contributed by atoms with Gasteiger partial charge in [0.2, 0.25) is 0 Å². The molecular formula is C26H23F2N3O. The molecule has 1 unspecified atom stereocenters. The first-order valence-electron chi connectivity index (χ1n) is 10.4. The maximum Gasteiger partial charge on any atom is 0.270 e. The van der Waals surface area contributed by atoms with Gasteiger partial charge in [-0.25, -0.2) is 13.8 Å². The van der Waals surface area contributed by atoms with Crippen LogP contribution < -0.4 is 5.32 Å². The lowest BCUT2D eigenvalue weighted by molar-refractivity contribution is 0.0931. The van der Waals surface area contributed by atoms with Crippen molar-refractivity contribution in [3.63, 3.8) is 0 Å². The van der Waals surface area contributed by atoms with Gasteiger partial charge in [-0.15, -0.1) is 0 Å². The number of benzene rings is 3. The zero-order valence-electron chi connectivity index (χ0n) is 17.6. The molecule has 0 saturated carbocycles. The highest BCUT2D eigenvalue weighted by atomic mass is 19.2. The first kappa shape index (κ1) is 21.4. The maximum absolute atomic E-state index is 13.5. The molecule has 0 aliphatic carbocycles. The number of carbonyl (C=O) groups excluding carboxylic acids is 1. The summed E-state index contributed by atoms with van der Waals surface area (Å²) >= 11 is 0. The number of hydrogen-bond acceptors (Lipinski definition) is 2. The van der Waals surface area contributed by atoms with Crippen molar-refractivity contribution in [3.8, 4) is 16.8 Å². The molecule has 0 bridgehead atoms. The van der Waals surface area contributed by atoms with Crippen LogP contribution in [0.2, 0.25) is 0 Å². The smallest absolute Gasteiger partial charge is 0.270 e. The summed E-state index contributed by atoms with van der Waals surface area (Å²) < 4.78 is 28.4. The van der Waals surface area contributed by atoms with Crippen LogP contribution in [0.15, 0.2) is 85.3 Å². The van der Waals surface area contributed by atoms with Crippen LogP contribution in [-0.4, -0.2) is 21.5 Å². The standard InChI is InChI=1S/C26H23F2N3O/c1-18(7-8-19-5-3-2-4-6-19)30-26(32)25-16-29-17-31(25)22-12-9-20(10-13-22)21-11-14-23(27)24(28)15-21/h2-6,9-18H,7-8H2,1H3,(H,30,32). The number of aromatic nitrogens is 2. The Morgan fingerprint density at radius 1 is 0.969 bits per heavy atom. The number of rotatable bonds is 7. The molecule has 0 fully saturated rings. The van der Waals surface area contributed by atoms with E-state index < -0.39 is 11.6 Å². The van der Waals surface area contributed by atoms with Gasteiger partial charge in [-0.2, -0.15) is 0 Å². The van der Waals surface area contributed by atoms with Gasteiger partial charge < -0.3 is 5.32 Å². The molecule has 4 aromatic rings. The minimum Gasteiger partial charge on any atom is -0.348 e. The lowest BCUT2D eigenvalue weighted by Crippen LogP contribution is -2.34. The summed E-state index contributed by atoms with van der Waals surface area (Å²) in [6.45, 7) is 1.98. The van der Waals surface area contributed by atoms with Gasteiger partial charge in [0.1, 0.15) is 5.69 Å². The van der Waals surface area contributed by atoms with Crippen LogP contribution >= 0.6 is 0 Å². The number of amides is 1. The predicted octanol–water partition coefficient (Wildman–Crippen LogP) is 5.57. The van der Waals surface area contributed by atoms with Crippen molar-refractivity contribution in [1.82, 2.24) is 14.9 Å². The Hall–Kier alpha value is -3.80. The van der Waals surface area contributed by atoms with E-state index in [1.807, 2.05) is 37.3 Å². The van der Waals surface area contributed by atoms with Crippen molar-refractivity contribution in [3.05, 3.63) is 108 Å². The van der Waals surface area contributed by atoms with E-state index >= 15 is 0 Å². The average Bonchev–Trinajstić information content (AvgIpc) is 3.30. The van der Waals surface area contributed by atoms with Crippen molar-refractivity contribution >= 4 is 5.91 Å². The monoisotopic (exact) mass is 431 g/mol. The van der Waals surface area contributed by atoms with Crippen molar-refractivity contribution in [1.29, 1.82) is 0 Å². The molecule has 1 aromatic heterocycles. The lowest BCUT2D eigenvalue weighted by Gasteiger charge is -2.15. The summed E-state index contributed by atoms with van der Waals surface area (Å²) in [7, 11) is 0. The molecule has 0 saturated heterocycles. The Balaban J connectivity index is 1.44. The highest BCUT2D eigenvalue weighted by Crippen LogP contribution is 2.23. The summed E-state index contributed by atoms with van der Waals surface area (Å²) in [5.41, 5.74) is 3.73. The minimum atomic E-state index is -0.887. The number of imidazole rings is 1. The molecule has 1 heterocycles. The third-order valence-corrected chi connectivity index (χ3v) is 5.36. The molecule has 0 radical (unpaired) electrons. The van der Waals surface area contributed by atoms with Gasteiger partial charge in [0.25, 0.3) is 5.91 Å². The summed E-state index contributed by atoms with van der Waals surface area (Å²) in [5, 5.41) is 3.03. The van der Waals surface area contributed by atoms with Crippen LogP contribution in [0.25, 0.3) is 16.8 Å². The Labute approximate surface area is 185 Å². The first-order chi connectivity index (χ1) is 15.5. The molecule has 0 spiro atoms. The zero-order valence-corrected chi connectivity index (χ0v) is 17.6. The lowest BCUT2D eigenvalue weighted by atomic mass is 10.1. The fourth-order valence-corrected chi connectivity index (χ4v) is 3.56. The number of carbonyl (C=O) groups is 1. The van der Waals surface area contributed by atoms with Gasteiger partial charge in [0, 0.05) is 11.7 Å². The third-order valence-electron chi connectivity index (χ3n) is 5.36. The van der Waals surface area contributed by atoms with Gasteiger partial charge in [-0.05, 0) is 60.7 Å². The Morgan fingerprint density at radius 2 is 1.69 bits per heavy atom. The average molecular weight is 431 g/mol. The second-order valence-corrected chi connectivity index (χ2v) is 7.72. The Bertz CT molecular complexity index is 1200. The molecule has 0 aliphatic rings. The van der Waals surface area contributed by atoms with E-state index in [2.05, 4.69) is 22.4 Å². The fourth-order valence-electron chi connectivity index (χ4n) is 3.56. The molecule has 4 nitrogen and oxygen atoms in total. The molecule has 6 heteroatoms. The van der Waals surface area contributed by atoms with E-state index in [0.29, 0.717) is 11.3 Å². The topological polar surface area (TPSA) is 46.9 Å². The van der Waals surface area contributed by atoms with E-state index in [4.69, 9.17) is 0 Å². The SMILES string of the molecule is CC(CCc1ccccc1)NC(=O)c1cncn1-c1ccc(-c2ccc(F)c(F)c2)cc1. The third kappa shape index (κ3) is 4.91. The first-order valence-corrected chi connectivity index (χ1v) is 10.4. The van der Waals surface area contributed by atoms with Crippen molar-refractivity contribution < 1.29 is 13.6 Å². The van der Waals surface area contributed by atoms with Crippen molar-refractivity contribution in [2.24, 2.45) is 0 Å². The van der Waals surface area contributed by atoms with Crippen LogP contribution in [0.4, 0.5) is 8.78 Å². The number of halogens is 2. The second kappa shape index (κ2) is 9.56. The van der Waals surface area contributed by atoms with Crippen LogP contribution in [-0.2, 0) is 6.42 Å². The number of nitrogens with one attached hydrogen (secondary N) is 1. The highest BCUT2D eigenvalue weighted by molar-refractivity contribution is 5.93. The van der Waals surface area contributed by atoms with E-state index in [-0.39, 0.29) is 11.9 Å². The van der Waals surface area contributed by atoms with E-state index in [1.165, 1.54) is 17.8 Å². The van der Waals surface area contributed by atoms with Gasteiger partial charge in [-0.3, -0.25) is 9.36 Å². The van der Waals surface area contributed by atoms with Crippen LogP contribution in [0.3, 0.4) is 0 Å². The van der Waals surface area contributed by atoms with Gasteiger partial charge in [-0.1, -0.05) is 48.5 Å². The normalized spacial score (nSPS) is 11.8. The summed E-state index contributed by atoms with van der Waals surface area (Å²) in [6.07, 6.45) is 4.82. The summed E-state index contributed by atoms with van der Waals surface area (Å²) in [5.74, 6) is -1.97. The highest BCUT2D eigenvalue weighted by Gasteiger charge is 2.16. The molecule has 3 aromatic carbocycles. The molecule has 1 amide bonds. The predicted molar refractivity (Wildman–Crippen MR) is 121 cm³/mol. The van der Waals surface area contributed by atoms with Gasteiger partial charge >= 0.3 is 0 Å². The molecule has 1 N–H and O–H groups in total. The number of hydrogen-bond donors (Lipinski definition) is 1. The van der Waals surface area contributed by atoms with Gasteiger partial charge in [0.05, 0.1) is 12.5 Å². The number of aryl methyl sites for hydroxylation is 1. The summed E-state index contributed by atoms with van der Waals surface area (Å²) in [6, 6.07) is 21.2. The van der Waals surface area contributed by atoms with E-state index in [1.54, 1.807) is 23.0 Å². The molecule has 32 heavy (non-hydrogen) atoms. The quantitative estimate of drug-likeness (QED) is 0.416. The van der Waals surface area contributed by atoms with Gasteiger partial charge in [0.15, 0.2) is 11.6 Å². The fraction of sp³-hybridized carbons (Fsp3) is 0.154. The van der Waals surface area contributed by atoms with E-state index in [9.17, 15) is 13.6 Å². The Kier molecular flexibility index (Phi) is 6.40. The van der Waals surface area contributed by atoms with Crippen LogP contribution in [0.5, 0.6) is 0 Å². The molecular weight excluding hydrogens is 408 g/mol. The molecule has 0 aliphatic heterocycles.